The summed E-state index contributed by atoms with van der Waals surface area (Å²) in [6.45, 7) is 4.46. The van der Waals surface area contributed by atoms with Gasteiger partial charge in [-0.1, -0.05) is 55.0 Å². The van der Waals surface area contributed by atoms with Crippen LogP contribution in [0.15, 0.2) is 78.5 Å². The molecule has 6 heteroatoms. The van der Waals surface area contributed by atoms with Gasteiger partial charge in [0.05, 0.1) is 25.0 Å². The number of nitrogens with zero attached hydrogens (tertiary/aromatic N) is 1. The highest BCUT2D eigenvalue weighted by molar-refractivity contribution is 6.46. The molecule has 3 aromatic carbocycles. The molecule has 168 valence electrons. The quantitative estimate of drug-likeness (QED) is 0.487. The van der Waals surface area contributed by atoms with Crippen molar-refractivity contribution in [3.05, 3.63) is 89.6 Å². The van der Waals surface area contributed by atoms with E-state index in [1.54, 1.807) is 31.4 Å². The van der Waals surface area contributed by atoms with Crippen molar-refractivity contribution in [2.75, 3.05) is 23.9 Å². The van der Waals surface area contributed by atoms with Crippen molar-refractivity contribution in [2.45, 2.75) is 20.3 Å². The predicted molar refractivity (Wildman–Crippen MR) is 129 cm³/mol. The highest BCUT2D eigenvalue weighted by atomic mass is 16.5. The maximum atomic E-state index is 13.7. The fourth-order valence-electron chi connectivity index (χ4n) is 3.67. The number of para-hydroxylation sites is 2. The maximum absolute atomic E-state index is 13.7. The lowest BCUT2D eigenvalue weighted by molar-refractivity contribution is -0.120. The zero-order valence-electron chi connectivity index (χ0n) is 18.9. The number of nitrogens with one attached hydrogen (secondary N) is 1. The van der Waals surface area contributed by atoms with Gasteiger partial charge in [-0.05, 0) is 43.2 Å². The van der Waals surface area contributed by atoms with E-state index in [2.05, 4.69) is 5.32 Å². The molecule has 0 bridgehead atoms. The summed E-state index contributed by atoms with van der Waals surface area (Å²) in [4.78, 5) is 28.5. The fraction of sp³-hybridized carbons (Fsp3) is 0.185. The minimum atomic E-state index is -0.439. The van der Waals surface area contributed by atoms with E-state index in [0.717, 1.165) is 12.0 Å². The summed E-state index contributed by atoms with van der Waals surface area (Å²) < 4.78 is 11.1. The molecule has 33 heavy (non-hydrogen) atoms. The average Bonchev–Trinajstić information content (AvgIpc) is 3.07. The minimum Gasteiger partial charge on any atom is -0.497 e. The van der Waals surface area contributed by atoms with Gasteiger partial charge in [0.25, 0.3) is 11.8 Å². The molecule has 0 radical (unpaired) electrons. The number of aryl methyl sites for hydroxylation is 1. The van der Waals surface area contributed by atoms with Crippen LogP contribution in [0.2, 0.25) is 0 Å². The average molecular weight is 443 g/mol. The normalized spacial score (nSPS) is 13.5. The molecular formula is C27H26N2O4. The lowest BCUT2D eigenvalue weighted by Gasteiger charge is -2.19. The zero-order valence-corrected chi connectivity index (χ0v) is 18.9. The van der Waals surface area contributed by atoms with Crippen LogP contribution in [-0.4, -0.2) is 25.5 Å². The molecule has 0 fully saturated rings. The number of benzene rings is 3. The Morgan fingerprint density at radius 3 is 2.39 bits per heavy atom. The van der Waals surface area contributed by atoms with E-state index in [-0.39, 0.29) is 5.70 Å². The molecule has 0 unspecified atom stereocenters. The standard InChI is InChI=1S/C27H26N2O4/c1-4-16-33-23-11-6-5-10-22(23)29-26(30)24(19-14-12-18(2)13-15-19)25(27(29)31)28-20-8-7-9-21(17-20)32-3/h5-15,17,28H,4,16H2,1-3H3. The van der Waals surface area contributed by atoms with Crippen LogP contribution in [0.3, 0.4) is 0 Å². The smallest absolute Gasteiger partial charge is 0.282 e. The largest absolute Gasteiger partial charge is 0.497 e. The summed E-state index contributed by atoms with van der Waals surface area (Å²) in [5, 5.41) is 3.17. The first-order valence-corrected chi connectivity index (χ1v) is 10.9. The van der Waals surface area contributed by atoms with Crippen LogP contribution < -0.4 is 19.7 Å². The zero-order chi connectivity index (χ0) is 23.4. The molecule has 1 aliphatic rings. The summed E-state index contributed by atoms with van der Waals surface area (Å²) in [6, 6.07) is 21.9. The molecular weight excluding hydrogens is 416 g/mol. The number of amides is 2. The van der Waals surface area contributed by atoms with E-state index >= 15 is 0 Å². The number of imide groups is 1. The number of carbonyl (C=O) groups is 2. The van der Waals surface area contributed by atoms with Crippen molar-refractivity contribution in [1.82, 2.24) is 0 Å². The van der Waals surface area contributed by atoms with Crippen molar-refractivity contribution >= 4 is 28.8 Å². The van der Waals surface area contributed by atoms with E-state index in [9.17, 15) is 9.59 Å². The third kappa shape index (κ3) is 4.46. The number of hydrogen-bond donors (Lipinski definition) is 1. The second-order valence-corrected chi connectivity index (χ2v) is 7.73. The highest BCUT2D eigenvalue weighted by Crippen LogP contribution is 2.38. The molecule has 3 aromatic rings. The third-order valence-corrected chi connectivity index (χ3v) is 5.33. The number of carbonyl (C=O) groups excluding carboxylic acids is 2. The van der Waals surface area contributed by atoms with Crippen molar-refractivity contribution in [3.8, 4) is 11.5 Å². The summed E-state index contributed by atoms with van der Waals surface area (Å²) >= 11 is 0. The summed E-state index contributed by atoms with van der Waals surface area (Å²) in [5.74, 6) is 0.295. The van der Waals surface area contributed by atoms with Crippen LogP contribution in [0.4, 0.5) is 11.4 Å². The number of hydrogen-bond acceptors (Lipinski definition) is 5. The van der Waals surface area contributed by atoms with Gasteiger partial charge in [0, 0.05) is 11.8 Å². The Kier molecular flexibility index (Phi) is 6.45. The van der Waals surface area contributed by atoms with Gasteiger partial charge in [-0.2, -0.15) is 0 Å². The molecule has 0 atom stereocenters. The van der Waals surface area contributed by atoms with Gasteiger partial charge in [-0.15, -0.1) is 0 Å². The lowest BCUT2D eigenvalue weighted by Crippen LogP contribution is -2.32. The van der Waals surface area contributed by atoms with Gasteiger partial charge >= 0.3 is 0 Å². The molecule has 0 aliphatic carbocycles. The molecule has 0 saturated carbocycles. The van der Waals surface area contributed by atoms with Crippen molar-refractivity contribution in [1.29, 1.82) is 0 Å². The molecule has 1 heterocycles. The van der Waals surface area contributed by atoms with Crippen LogP contribution in [0, 0.1) is 6.92 Å². The van der Waals surface area contributed by atoms with Crippen LogP contribution in [-0.2, 0) is 9.59 Å². The molecule has 0 aromatic heterocycles. The van der Waals surface area contributed by atoms with Gasteiger partial charge in [0.1, 0.15) is 17.2 Å². The predicted octanol–water partition coefficient (Wildman–Crippen LogP) is 5.19. The van der Waals surface area contributed by atoms with Crippen LogP contribution in [0.1, 0.15) is 24.5 Å². The number of anilines is 2. The lowest BCUT2D eigenvalue weighted by atomic mass is 10.0. The van der Waals surface area contributed by atoms with Crippen LogP contribution in [0.25, 0.3) is 5.57 Å². The molecule has 2 amide bonds. The molecule has 0 spiro atoms. The second-order valence-electron chi connectivity index (χ2n) is 7.73. The Bertz CT molecular complexity index is 1210. The van der Waals surface area contributed by atoms with Crippen LogP contribution >= 0.6 is 0 Å². The Labute approximate surface area is 193 Å². The molecule has 6 nitrogen and oxygen atoms in total. The minimum absolute atomic E-state index is 0.211. The first-order valence-electron chi connectivity index (χ1n) is 10.9. The fourth-order valence-corrected chi connectivity index (χ4v) is 3.67. The molecule has 1 aliphatic heterocycles. The summed E-state index contributed by atoms with van der Waals surface area (Å²) in [5.41, 5.74) is 3.32. The van der Waals surface area contributed by atoms with Gasteiger partial charge in [-0.3, -0.25) is 9.59 Å². The molecule has 4 rings (SSSR count). The second kappa shape index (κ2) is 9.61. The number of methoxy groups -OCH3 is 1. The van der Waals surface area contributed by atoms with Gasteiger partial charge < -0.3 is 14.8 Å². The third-order valence-electron chi connectivity index (χ3n) is 5.33. The molecule has 1 N–H and O–H groups in total. The number of ether oxygens (including phenoxy) is 2. The van der Waals surface area contributed by atoms with Crippen molar-refractivity contribution < 1.29 is 19.1 Å². The molecule has 0 saturated heterocycles. The first kappa shape index (κ1) is 22.1. The first-order chi connectivity index (χ1) is 16.0. The van der Waals surface area contributed by atoms with Crippen molar-refractivity contribution in [3.63, 3.8) is 0 Å². The van der Waals surface area contributed by atoms with E-state index in [0.29, 0.717) is 40.6 Å². The summed E-state index contributed by atoms with van der Waals surface area (Å²) in [6.07, 6.45) is 0.811. The Morgan fingerprint density at radius 1 is 0.909 bits per heavy atom. The number of rotatable bonds is 8. The van der Waals surface area contributed by atoms with E-state index in [4.69, 9.17) is 9.47 Å². The Balaban J connectivity index is 1.80. The van der Waals surface area contributed by atoms with E-state index < -0.39 is 11.8 Å². The van der Waals surface area contributed by atoms with Gasteiger partial charge in [-0.25, -0.2) is 4.90 Å². The Hall–Kier alpha value is -4.06. The van der Waals surface area contributed by atoms with E-state index in [1.807, 2.05) is 62.4 Å². The van der Waals surface area contributed by atoms with E-state index in [1.165, 1.54) is 4.90 Å². The maximum Gasteiger partial charge on any atom is 0.282 e. The Morgan fingerprint density at radius 2 is 1.67 bits per heavy atom. The van der Waals surface area contributed by atoms with Crippen LogP contribution in [0.5, 0.6) is 11.5 Å². The van der Waals surface area contributed by atoms with Crippen molar-refractivity contribution in [2.24, 2.45) is 0 Å². The SMILES string of the molecule is CCCOc1ccccc1N1C(=O)C(Nc2cccc(OC)c2)=C(c2ccc(C)cc2)C1=O. The topological polar surface area (TPSA) is 67.9 Å². The monoisotopic (exact) mass is 442 g/mol. The summed E-state index contributed by atoms with van der Waals surface area (Å²) in [7, 11) is 1.58. The van der Waals surface area contributed by atoms with Gasteiger partial charge in [0.2, 0.25) is 0 Å². The highest BCUT2D eigenvalue weighted by Gasteiger charge is 2.41. The van der Waals surface area contributed by atoms with Gasteiger partial charge in [0.15, 0.2) is 0 Å².